The zero-order valence-corrected chi connectivity index (χ0v) is 13.0. The standard InChI is InChI=1S/C15H14N4O.BrH/c1-12(20)15-16-18(13-8-4-2-5-9-13)19(17-15)14-10-6-3-7-11-14;/h2-11H,1H3,(H,16,17);1H. The molecule has 0 aliphatic carbocycles. The lowest BCUT2D eigenvalue weighted by Gasteiger charge is -2.21. The monoisotopic (exact) mass is 346 g/mol. The van der Waals surface area contributed by atoms with E-state index in [0.717, 1.165) is 16.5 Å². The van der Waals surface area contributed by atoms with Crippen LogP contribution in [-0.4, -0.2) is 11.6 Å². The third-order valence-corrected chi connectivity index (χ3v) is 3.03. The number of carbonyl (C=O) groups is 1. The molecule has 1 atom stereocenters. The molecule has 0 aromatic heterocycles. The molecule has 0 fully saturated rings. The number of rotatable bonds is 3. The first kappa shape index (κ1) is 15.2. The van der Waals surface area contributed by atoms with Gasteiger partial charge < -0.3 is 17.0 Å². The Morgan fingerprint density at radius 3 is 2.19 bits per heavy atom. The van der Waals surface area contributed by atoms with Crippen LogP contribution in [0.4, 0.5) is 11.4 Å². The summed E-state index contributed by atoms with van der Waals surface area (Å²) < 4.78 is 0. The number of nitrogens with zero attached hydrogens (tertiary/aromatic N) is 2. The van der Waals surface area contributed by atoms with Crippen molar-refractivity contribution in [2.45, 2.75) is 6.92 Å². The molecule has 108 valence electrons. The van der Waals surface area contributed by atoms with E-state index in [1.165, 1.54) is 6.92 Å². The van der Waals surface area contributed by atoms with Crippen molar-refractivity contribution in [3.63, 3.8) is 0 Å². The number of quaternary nitrogens is 1. The van der Waals surface area contributed by atoms with Gasteiger partial charge in [0.25, 0.3) is 5.84 Å². The van der Waals surface area contributed by atoms with Gasteiger partial charge in [0.05, 0.1) is 0 Å². The second kappa shape index (κ2) is 6.51. The van der Waals surface area contributed by atoms with E-state index in [0.29, 0.717) is 5.84 Å². The minimum absolute atomic E-state index is 0. The first-order chi connectivity index (χ1) is 9.75. The number of benzene rings is 2. The Kier molecular flexibility index (Phi) is 4.72. The van der Waals surface area contributed by atoms with Crippen molar-refractivity contribution in [3.05, 3.63) is 60.7 Å². The first-order valence-electron chi connectivity index (χ1n) is 6.39. The van der Waals surface area contributed by atoms with Gasteiger partial charge in [0.15, 0.2) is 5.69 Å². The van der Waals surface area contributed by atoms with Gasteiger partial charge >= 0.3 is 0 Å². The molecule has 5 nitrogen and oxygen atoms in total. The molecule has 0 bridgehead atoms. The summed E-state index contributed by atoms with van der Waals surface area (Å²) in [6, 6.07) is 19.6. The van der Waals surface area contributed by atoms with Crippen molar-refractivity contribution in [1.29, 1.82) is 0 Å². The number of anilines is 1. The van der Waals surface area contributed by atoms with Crippen molar-refractivity contribution in [2.75, 3.05) is 5.12 Å². The number of halogens is 1. The van der Waals surface area contributed by atoms with Crippen molar-refractivity contribution < 1.29 is 26.9 Å². The summed E-state index contributed by atoms with van der Waals surface area (Å²) in [5.41, 5.74) is 4.95. The summed E-state index contributed by atoms with van der Waals surface area (Å²) in [6.07, 6.45) is 0. The lowest BCUT2D eigenvalue weighted by Crippen LogP contribution is -3.10. The van der Waals surface area contributed by atoms with E-state index < -0.39 is 0 Å². The molecule has 2 N–H and O–H groups in total. The van der Waals surface area contributed by atoms with Crippen LogP contribution in [-0.2, 0) is 4.79 Å². The fourth-order valence-corrected chi connectivity index (χ4v) is 2.04. The third kappa shape index (κ3) is 3.12. The Labute approximate surface area is 133 Å². The summed E-state index contributed by atoms with van der Waals surface area (Å²) in [4.78, 5) is 11.6. The molecule has 0 saturated carbocycles. The maximum absolute atomic E-state index is 11.6. The van der Waals surface area contributed by atoms with Crippen LogP contribution in [0.25, 0.3) is 0 Å². The third-order valence-electron chi connectivity index (χ3n) is 3.03. The molecule has 1 heterocycles. The second-order valence-electron chi connectivity index (χ2n) is 4.49. The predicted molar refractivity (Wildman–Crippen MR) is 77.2 cm³/mol. The molecule has 0 radical (unpaired) electrons. The Balaban J connectivity index is 0.00000161. The highest BCUT2D eigenvalue weighted by Crippen LogP contribution is 2.11. The average Bonchev–Trinajstić information content (AvgIpc) is 2.94. The highest BCUT2D eigenvalue weighted by atomic mass is 79.9. The number of carbonyl (C=O) groups excluding carboxylic acids is 1. The first-order valence-corrected chi connectivity index (χ1v) is 6.39. The van der Waals surface area contributed by atoms with Crippen LogP contribution in [0.2, 0.25) is 0 Å². The highest BCUT2D eigenvalue weighted by Gasteiger charge is 2.32. The lowest BCUT2D eigenvalue weighted by atomic mass is 10.3. The largest absolute Gasteiger partial charge is 1.00 e. The molecule has 0 amide bonds. The van der Waals surface area contributed by atoms with Crippen molar-refractivity contribution in [1.82, 2.24) is 5.43 Å². The number of Topliss-reactive ketones (excluding diaryl/α,β-unsaturated/α-hetero) is 1. The van der Waals surface area contributed by atoms with Crippen LogP contribution in [0, 0.1) is 0 Å². The topological polar surface area (TPSA) is 49.1 Å². The summed E-state index contributed by atoms with van der Waals surface area (Å²) in [5, 5.41) is 6.96. The number of nitrogens with one attached hydrogen (secondary N) is 2. The van der Waals surface area contributed by atoms with E-state index >= 15 is 0 Å². The quantitative estimate of drug-likeness (QED) is 0.679. The molecule has 1 unspecified atom stereocenters. The summed E-state index contributed by atoms with van der Waals surface area (Å²) in [5.74, 6) is 0.268. The Bertz CT molecular complexity index is 645. The zero-order valence-electron chi connectivity index (χ0n) is 11.5. The fraction of sp³-hybridized carbons (Fsp3) is 0.0667. The van der Waals surface area contributed by atoms with E-state index in [2.05, 4.69) is 10.5 Å². The summed E-state index contributed by atoms with van der Waals surface area (Å²) >= 11 is 0. The molecular formula is C15H15BrN4O. The van der Waals surface area contributed by atoms with Crippen LogP contribution >= 0.6 is 0 Å². The van der Waals surface area contributed by atoms with Crippen LogP contribution in [0.1, 0.15) is 6.92 Å². The molecule has 1 aliphatic rings. The molecular weight excluding hydrogens is 332 g/mol. The molecule has 2 aromatic carbocycles. The van der Waals surface area contributed by atoms with E-state index in [4.69, 9.17) is 0 Å². The van der Waals surface area contributed by atoms with E-state index in [1.54, 1.807) is 0 Å². The van der Waals surface area contributed by atoms with Gasteiger partial charge in [-0.05, 0) is 17.2 Å². The minimum atomic E-state index is -0.0862. The van der Waals surface area contributed by atoms with E-state index in [9.17, 15) is 4.79 Å². The molecule has 0 spiro atoms. The summed E-state index contributed by atoms with van der Waals surface area (Å²) in [7, 11) is 0. The van der Waals surface area contributed by atoms with Crippen LogP contribution in [0.3, 0.4) is 0 Å². The second-order valence-corrected chi connectivity index (χ2v) is 4.49. The van der Waals surface area contributed by atoms with Crippen LogP contribution in [0.5, 0.6) is 0 Å². The molecule has 3 rings (SSSR count). The number of hydrogen-bond donors (Lipinski definition) is 2. The van der Waals surface area contributed by atoms with Crippen LogP contribution < -0.4 is 32.6 Å². The lowest BCUT2D eigenvalue weighted by molar-refractivity contribution is -0.846. The normalized spacial score (nSPS) is 16.7. The number of amidine groups is 1. The SMILES string of the molecule is CC(=O)C1=N[NH+](c2ccccc2)N(c2ccccc2)N1.[Br-]. The van der Waals surface area contributed by atoms with E-state index in [1.807, 2.05) is 65.8 Å². The molecule has 1 aliphatic heterocycles. The van der Waals surface area contributed by atoms with Gasteiger partial charge in [-0.3, -0.25) is 4.79 Å². The smallest absolute Gasteiger partial charge is 0.251 e. The number of hydrogen-bond acceptors (Lipinski definition) is 4. The van der Waals surface area contributed by atoms with Crippen molar-refractivity contribution in [3.8, 4) is 0 Å². The number of hydrazine groups is 1. The molecule has 2 aromatic rings. The maximum atomic E-state index is 11.6. The number of para-hydroxylation sites is 1. The van der Waals surface area contributed by atoms with Crippen LogP contribution in [0.15, 0.2) is 65.8 Å². The zero-order chi connectivity index (χ0) is 13.9. The van der Waals surface area contributed by atoms with Gasteiger partial charge in [-0.15, -0.1) is 0 Å². The molecule has 6 heteroatoms. The van der Waals surface area contributed by atoms with Gasteiger partial charge in [0, 0.05) is 19.1 Å². The van der Waals surface area contributed by atoms with Gasteiger partial charge in [-0.1, -0.05) is 46.6 Å². The maximum Gasteiger partial charge on any atom is 0.251 e. The molecule has 21 heavy (non-hydrogen) atoms. The Hall–Kier alpha value is -2.18. The average molecular weight is 347 g/mol. The predicted octanol–water partition coefficient (Wildman–Crippen LogP) is -1.95. The van der Waals surface area contributed by atoms with Crippen molar-refractivity contribution >= 4 is 23.0 Å². The van der Waals surface area contributed by atoms with Gasteiger partial charge in [-0.2, -0.15) is 0 Å². The minimum Gasteiger partial charge on any atom is -1.00 e. The Morgan fingerprint density at radius 2 is 1.62 bits per heavy atom. The Morgan fingerprint density at radius 1 is 1.05 bits per heavy atom. The highest BCUT2D eigenvalue weighted by molar-refractivity contribution is 6.38. The van der Waals surface area contributed by atoms with Crippen molar-refractivity contribution in [2.24, 2.45) is 5.10 Å². The fourth-order valence-electron chi connectivity index (χ4n) is 2.04. The summed E-state index contributed by atoms with van der Waals surface area (Å²) in [6.45, 7) is 1.50. The molecule has 0 saturated heterocycles. The number of ketones is 1. The van der Waals surface area contributed by atoms with Gasteiger partial charge in [-0.25, -0.2) is 5.43 Å². The van der Waals surface area contributed by atoms with Gasteiger partial charge in [0.1, 0.15) is 5.69 Å². The van der Waals surface area contributed by atoms with Gasteiger partial charge in [0.2, 0.25) is 5.78 Å². The van der Waals surface area contributed by atoms with E-state index in [-0.39, 0.29) is 22.8 Å².